The van der Waals surface area contributed by atoms with Gasteiger partial charge in [0.15, 0.2) is 0 Å². The fraction of sp³-hybridized carbons (Fsp3) is 0.200. The molecule has 1 aromatic rings. The van der Waals surface area contributed by atoms with Crippen LogP contribution in [0, 0.1) is 13.1 Å². The Morgan fingerprint density at radius 1 is 1.57 bits per heavy atom. The molecule has 2 nitrogen and oxygen atoms in total. The molecule has 0 aliphatic carbocycles. The molecule has 0 spiro atoms. The van der Waals surface area contributed by atoms with Crippen molar-refractivity contribution in [1.29, 1.82) is 0 Å². The van der Waals surface area contributed by atoms with E-state index >= 15 is 0 Å². The lowest BCUT2D eigenvalue weighted by Gasteiger charge is -1.80. The summed E-state index contributed by atoms with van der Waals surface area (Å²) in [5.74, 6) is 0. The molecule has 0 N–H and O–H groups in total. The number of aryl methyl sites for hydroxylation is 1. The highest BCUT2D eigenvalue weighted by molar-refractivity contribution is 4.86. The van der Waals surface area contributed by atoms with Gasteiger partial charge in [0.05, 0.1) is 5.69 Å². The van der Waals surface area contributed by atoms with Crippen molar-refractivity contribution in [3.05, 3.63) is 24.3 Å². The van der Waals surface area contributed by atoms with Gasteiger partial charge in [0.2, 0.25) is 0 Å². The molecule has 1 aromatic heterocycles. The van der Waals surface area contributed by atoms with Crippen molar-refractivity contribution in [3.63, 3.8) is 0 Å². The molecular weight excluding hydrogens is 88.1 g/mol. The van der Waals surface area contributed by atoms with Gasteiger partial charge in [0.1, 0.15) is 6.20 Å². The van der Waals surface area contributed by atoms with Crippen LogP contribution in [-0.2, 0) is 0 Å². The summed E-state index contributed by atoms with van der Waals surface area (Å²) in [7, 11) is 0. The quantitative estimate of drug-likeness (QED) is 0.469. The number of aromatic nitrogens is 2. The Labute approximate surface area is 42.2 Å². The topological polar surface area (TPSA) is 25.8 Å². The van der Waals surface area contributed by atoms with Crippen LogP contribution in [0.15, 0.2) is 12.4 Å². The molecule has 7 heavy (non-hydrogen) atoms. The van der Waals surface area contributed by atoms with Crippen LogP contribution < -0.4 is 0 Å². The molecular formula is C5H5N2. The third kappa shape index (κ3) is 0.961. The number of hydrogen-bond donors (Lipinski definition) is 0. The third-order valence-corrected chi connectivity index (χ3v) is 0.636. The Morgan fingerprint density at radius 3 is 2.71 bits per heavy atom. The number of nitrogens with zero attached hydrogens (tertiary/aromatic N) is 2. The average Bonchev–Trinajstić information content (AvgIpc) is 1.69. The first-order chi connectivity index (χ1) is 3.39. The van der Waals surface area contributed by atoms with Crippen LogP contribution in [0.5, 0.6) is 0 Å². The fourth-order valence-electron chi connectivity index (χ4n) is 0.338. The Kier molecular flexibility index (Phi) is 1.02. The smallest absolute Gasteiger partial charge is 0.112 e. The molecule has 0 fully saturated rings. The molecule has 0 unspecified atom stereocenters. The molecule has 0 saturated carbocycles. The normalized spacial score (nSPS) is 8.71. The van der Waals surface area contributed by atoms with E-state index in [-0.39, 0.29) is 0 Å². The molecule has 1 rings (SSSR count). The Balaban J connectivity index is 3.02. The van der Waals surface area contributed by atoms with Crippen molar-refractivity contribution in [3.8, 4) is 0 Å². The van der Waals surface area contributed by atoms with Crippen molar-refractivity contribution < 1.29 is 0 Å². The van der Waals surface area contributed by atoms with Gasteiger partial charge in [-0.1, -0.05) is 0 Å². The monoisotopic (exact) mass is 93.0 g/mol. The van der Waals surface area contributed by atoms with Gasteiger partial charge in [-0.05, 0) is 6.92 Å². The van der Waals surface area contributed by atoms with E-state index in [0.717, 1.165) is 5.69 Å². The standard InChI is InChI=1S/C5H5N2/c1-5-4-6-2-3-7-5/h2-3H,1H3. The molecule has 1 radical (unpaired) electrons. The molecule has 2 heteroatoms. The minimum absolute atomic E-state index is 0.836. The molecule has 0 aromatic carbocycles. The van der Waals surface area contributed by atoms with E-state index in [0.29, 0.717) is 0 Å². The maximum absolute atomic E-state index is 3.86. The van der Waals surface area contributed by atoms with E-state index < -0.39 is 0 Å². The van der Waals surface area contributed by atoms with Gasteiger partial charge in [-0.25, -0.2) is 0 Å². The maximum Gasteiger partial charge on any atom is 0.112 e. The van der Waals surface area contributed by atoms with Crippen LogP contribution in [0.2, 0.25) is 0 Å². The Bertz CT molecular complexity index is 136. The summed E-state index contributed by atoms with van der Waals surface area (Å²) in [5.41, 5.74) is 0.836. The second-order valence-corrected chi connectivity index (χ2v) is 1.25. The molecule has 0 bridgehead atoms. The molecule has 0 aliphatic rings. The summed E-state index contributed by atoms with van der Waals surface area (Å²) in [6.45, 7) is 1.85. The van der Waals surface area contributed by atoms with Crippen molar-refractivity contribution in [2.45, 2.75) is 6.92 Å². The maximum atomic E-state index is 3.86. The largest absolute Gasteiger partial charge is 0.258 e. The summed E-state index contributed by atoms with van der Waals surface area (Å²) in [6, 6.07) is 0. The van der Waals surface area contributed by atoms with Gasteiger partial charge < -0.3 is 0 Å². The van der Waals surface area contributed by atoms with E-state index in [4.69, 9.17) is 0 Å². The van der Waals surface area contributed by atoms with Crippen LogP contribution in [0.25, 0.3) is 0 Å². The van der Waals surface area contributed by atoms with Crippen LogP contribution in [0.3, 0.4) is 0 Å². The lowest BCUT2D eigenvalue weighted by Crippen LogP contribution is -1.78. The van der Waals surface area contributed by atoms with Gasteiger partial charge in [-0.15, -0.1) is 0 Å². The number of rotatable bonds is 0. The summed E-state index contributed by atoms with van der Waals surface area (Å²) in [4.78, 5) is 7.56. The Hall–Kier alpha value is -0.920. The summed E-state index contributed by atoms with van der Waals surface area (Å²) in [6.07, 6.45) is 5.92. The van der Waals surface area contributed by atoms with Gasteiger partial charge >= 0.3 is 0 Å². The first-order valence-corrected chi connectivity index (χ1v) is 2.05. The third-order valence-electron chi connectivity index (χ3n) is 0.636. The summed E-state index contributed by atoms with van der Waals surface area (Å²) < 4.78 is 0. The lowest BCUT2D eigenvalue weighted by molar-refractivity contribution is 1.11. The molecule has 35 valence electrons. The summed E-state index contributed by atoms with van der Waals surface area (Å²) in [5, 5.41) is 0. The Morgan fingerprint density at radius 2 is 2.43 bits per heavy atom. The first kappa shape index (κ1) is 4.24. The minimum Gasteiger partial charge on any atom is -0.258 e. The molecule has 0 atom stereocenters. The molecule has 0 saturated heterocycles. The second-order valence-electron chi connectivity index (χ2n) is 1.25. The second kappa shape index (κ2) is 1.69. The van der Waals surface area contributed by atoms with E-state index in [1.807, 2.05) is 6.92 Å². The van der Waals surface area contributed by atoms with Crippen molar-refractivity contribution in [2.75, 3.05) is 0 Å². The van der Waals surface area contributed by atoms with E-state index in [2.05, 4.69) is 16.2 Å². The van der Waals surface area contributed by atoms with Crippen LogP contribution >= 0.6 is 0 Å². The van der Waals surface area contributed by atoms with E-state index in [1.165, 1.54) is 0 Å². The van der Waals surface area contributed by atoms with Gasteiger partial charge in [0.25, 0.3) is 0 Å². The highest BCUT2D eigenvalue weighted by Crippen LogP contribution is 1.79. The van der Waals surface area contributed by atoms with E-state index in [9.17, 15) is 0 Å². The molecule has 0 amide bonds. The number of hydrogen-bond acceptors (Lipinski definition) is 2. The SMILES string of the molecule is Cc1[c]nccn1. The van der Waals surface area contributed by atoms with Crippen LogP contribution in [0.1, 0.15) is 5.69 Å². The highest BCUT2D eigenvalue weighted by atomic mass is 14.7. The molecule has 1 heterocycles. The fourth-order valence-corrected chi connectivity index (χ4v) is 0.338. The summed E-state index contributed by atoms with van der Waals surface area (Å²) >= 11 is 0. The van der Waals surface area contributed by atoms with Crippen LogP contribution in [-0.4, -0.2) is 9.97 Å². The van der Waals surface area contributed by atoms with Crippen LogP contribution in [0.4, 0.5) is 0 Å². The van der Waals surface area contributed by atoms with Gasteiger partial charge in [-0.2, -0.15) is 0 Å². The zero-order valence-corrected chi connectivity index (χ0v) is 4.05. The zero-order valence-electron chi connectivity index (χ0n) is 4.05. The van der Waals surface area contributed by atoms with Crippen molar-refractivity contribution >= 4 is 0 Å². The molecule has 0 aliphatic heterocycles. The van der Waals surface area contributed by atoms with E-state index in [1.54, 1.807) is 12.4 Å². The predicted molar refractivity (Wildman–Crippen MR) is 25.6 cm³/mol. The van der Waals surface area contributed by atoms with Crippen molar-refractivity contribution in [1.82, 2.24) is 9.97 Å². The van der Waals surface area contributed by atoms with Crippen molar-refractivity contribution in [2.24, 2.45) is 0 Å². The van der Waals surface area contributed by atoms with Gasteiger partial charge in [-0.3, -0.25) is 9.97 Å². The lowest BCUT2D eigenvalue weighted by atomic mass is 10.5. The zero-order chi connectivity index (χ0) is 5.11. The van der Waals surface area contributed by atoms with Gasteiger partial charge in [0, 0.05) is 12.4 Å². The first-order valence-electron chi connectivity index (χ1n) is 2.05. The minimum atomic E-state index is 0.836. The predicted octanol–water partition coefficient (Wildman–Crippen LogP) is 0.585. The average molecular weight is 93.1 g/mol. The highest BCUT2D eigenvalue weighted by Gasteiger charge is 1.76.